The highest BCUT2D eigenvalue weighted by atomic mass is 32.1. The number of amides is 1. The van der Waals surface area contributed by atoms with Crippen LogP contribution in [0.5, 0.6) is 0 Å². The second-order valence-electron chi connectivity index (χ2n) is 4.33. The number of ether oxygens (including phenoxy) is 1. The normalized spacial score (nSPS) is 15.5. The minimum absolute atomic E-state index is 0.00604. The fraction of sp³-hybridized carbons (Fsp3) is 0.333. The van der Waals surface area contributed by atoms with Crippen molar-refractivity contribution in [3.8, 4) is 0 Å². The summed E-state index contributed by atoms with van der Waals surface area (Å²) < 4.78 is 5.85. The van der Waals surface area contributed by atoms with E-state index in [1.54, 1.807) is 11.0 Å². The second-order valence-corrected chi connectivity index (χ2v) is 5.36. The maximum absolute atomic E-state index is 12.3. The summed E-state index contributed by atoms with van der Waals surface area (Å²) in [7, 11) is 0. The molecule has 1 aliphatic rings. The van der Waals surface area contributed by atoms with Gasteiger partial charge in [-0.15, -0.1) is 11.3 Å². The van der Waals surface area contributed by atoms with Crippen molar-refractivity contribution < 1.29 is 14.5 Å². The second kappa shape index (κ2) is 5.14. The van der Waals surface area contributed by atoms with E-state index >= 15 is 0 Å². The van der Waals surface area contributed by atoms with Gasteiger partial charge in [0.05, 0.1) is 28.4 Å². The molecule has 1 aromatic heterocycles. The highest BCUT2D eigenvalue weighted by Gasteiger charge is 2.22. The van der Waals surface area contributed by atoms with E-state index in [9.17, 15) is 14.9 Å². The predicted molar refractivity (Wildman–Crippen MR) is 73.0 cm³/mol. The lowest BCUT2D eigenvalue weighted by molar-refractivity contribution is -0.384. The van der Waals surface area contributed by atoms with Gasteiger partial charge < -0.3 is 9.64 Å². The highest BCUT2D eigenvalue weighted by Crippen LogP contribution is 2.27. The zero-order valence-electron chi connectivity index (χ0n) is 10.4. The number of carbonyl (C=O) groups excluding carboxylic acids is 1. The topological polar surface area (TPSA) is 85.6 Å². The van der Waals surface area contributed by atoms with Crippen molar-refractivity contribution in [2.75, 3.05) is 26.3 Å². The monoisotopic (exact) mass is 293 g/mol. The number of hydrogen-bond donors (Lipinski definition) is 0. The number of morpholine rings is 1. The zero-order valence-corrected chi connectivity index (χ0v) is 11.3. The summed E-state index contributed by atoms with van der Waals surface area (Å²) in [5.74, 6) is -0.142. The van der Waals surface area contributed by atoms with Gasteiger partial charge in [-0.25, -0.2) is 4.98 Å². The van der Waals surface area contributed by atoms with Crippen LogP contribution < -0.4 is 0 Å². The average Bonchev–Trinajstić information content (AvgIpc) is 2.90. The molecule has 0 N–H and O–H groups in total. The Hall–Kier alpha value is -2.06. The summed E-state index contributed by atoms with van der Waals surface area (Å²) in [6, 6.07) is 4.41. The van der Waals surface area contributed by atoms with Crippen LogP contribution in [0.15, 0.2) is 18.2 Å². The number of aromatic nitrogens is 1. The van der Waals surface area contributed by atoms with Crippen LogP contribution in [0, 0.1) is 10.1 Å². The molecule has 104 valence electrons. The summed E-state index contributed by atoms with van der Waals surface area (Å²) in [5, 5.41) is 11.1. The van der Waals surface area contributed by atoms with Crippen LogP contribution in [0.2, 0.25) is 0 Å². The van der Waals surface area contributed by atoms with Gasteiger partial charge in [0.15, 0.2) is 5.01 Å². The van der Waals surface area contributed by atoms with Gasteiger partial charge in [0, 0.05) is 25.2 Å². The van der Waals surface area contributed by atoms with E-state index in [2.05, 4.69) is 4.98 Å². The standard InChI is InChI=1S/C12H11N3O4S/c16-12(14-3-5-19-6-4-14)11-13-9-2-1-8(15(17)18)7-10(9)20-11/h1-2,7H,3-6H2. The number of benzene rings is 1. The van der Waals surface area contributed by atoms with Gasteiger partial charge in [-0.1, -0.05) is 0 Å². The van der Waals surface area contributed by atoms with E-state index in [0.29, 0.717) is 41.5 Å². The van der Waals surface area contributed by atoms with Crippen molar-refractivity contribution in [1.29, 1.82) is 0 Å². The minimum atomic E-state index is -0.456. The van der Waals surface area contributed by atoms with E-state index in [-0.39, 0.29) is 11.6 Å². The highest BCUT2D eigenvalue weighted by molar-refractivity contribution is 7.20. The molecule has 0 radical (unpaired) electrons. The molecular formula is C12H11N3O4S. The third kappa shape index (κ3) is 2.35. The van der Waals surface area contributed by atoms with E-state index in [1.165, 1.54) is 23.5 Å². The minimum Gasteiger partial charge on any atom is -0.378 e. The molecule has 2 aromatic rings. The predicted octanol–water partition coefficient (Wildman–Crippen LogP) is 1.68. The first kappa shape index (κ1) is 12.9. The molecule has 0 bridgehead atoms. The van der Waals surface area contributed by atoms with Gasteiger partial charge in [0.2, 0.25) is 0 Å². The van der Waals surface area contributed by atoms with Gasteiger partial charge in [-0.3, -0.25) is 14.9 Å². The number of nitro groups is 1. The molecule has 1 saturated heterocycles. The van der Waals surface area contributed by atoms with E-state index < -0.39 is 4.92 Å². The number of fused-ring (bicyclic) bond motifs is 1. The number of rotatable bonds is 2. The summed E-state index contributed by atoms with van der Waals surface area (Å²) in [6.45, 7) is 2.16. The Labute approximate surface area is 117 Å². The van der Waals surface area contributed by atoms with Crippen molar-refractivity contribution in [3.05, 3.63) is 33.3 Å². The van der Waals surface area contributed by atoms with Gasteiger partial charge in [-0.05, 0) is 6.07 Å². The number of carbonyl (C=O) groups is 1. The van der Waals surface area contributed by atoms with Crippen LogP contribution in [0.3, 0.4) is 0 Å². The molecule has 1 amide bonds. The smallest absolute Gasteiger partial charge is 0.283 e. The third-order valence-corrected chi connectivity index (χ3v) is 4.07. The number of non-ortho nitro benzene ring substituents is 1. The Morgan fingerprint density at radius 3 is 2.85 bits per heavy atom. The lowest BCUT2D eigenvalue weighted by atomic mass is 10.3. The summed E-state index contributed by atoms with van der Waals surface area (Å²) in [4.78, 5) is 28.5. The third-order valence-electron chi connectivity index (χ3n) is 3.06. The van der Waals surface area contributed by atoms with Crippen LogP contribution in [-0.2, 0) is 4.74 Å². The Morgan fingerprint density at radius 2 is 2.15 bits per heavy atom. The maximum Gasteiger partial charge on any atom is 0.283 e. The Morgan fingerprint density at radius 1 is 1.40 bits per heavy atom. The lowest BCUT2D eigenvalue weighted by Gasteiger charge is -2.25. The number of nitrogens with zero attached hydrogens (tertiary/aromatic N) is 3. The molecular weight excluding hydrogens is 282 g/mol. The largest absolute Gasteiger partial charge is 0.378 e. The molecule has 1 aliphatic heterocycles. The molecule has 8 heteroatoms. The number of hydrogen-bond acceptors (Lipinski definition) is 6. The lowest BCUT2D eigenvalue weighted by Crippen LogP contribution is -2.40. The fourth-order valence-corrected chi connectivity index (χ4v) is 2.99. The molecule has 2 heterocycles. The van der Waals surface area contributed by atoms with Gasteiger partial charge in [0.25, 0.3) is 11.6 Å². The molecule has 3 rings (SSSR count). The van der Waals surface area contributed by atoms with Gasteiger partial charge >= 0.3 is 0 Å². The SMILES string of the molecule is O=C(c1nc2ccc([N+](=O)[O-])cc2s1)N1CCOCC1. The summed E-state index contributed by atoms with van der Waals surface area (Å²) in [6.07, 6.45) is 0. The molecule has 1 fully saturated rings. The number of thiazole rings is 1. The van der Waals surface area contributed by atoms with Crippen molar-refractivity contribution >= 4 is 33.1 Å². The first-order chi connectivity index (χ1) is 9.65. The molecule has 20 heavy (non-hydrogen) atoms. The van der Waals surface area contributed by atoms with Crippen LogP contribution in [0.1, 0.15) is 9.80 Å². The Bertz CT molecular complexity index is 678. The van der Waals surface area contributed by atoms with Crippen LogP contribution in [0.4, 0.5) is 5.69 Å². The number of nitro benzene ring substituents is 1. The molecule has 0 unspecified atom stereocenters. The van der Waals surface area contributed by atoms with E-state index in [1.807, 2.05) is 0 Å². The first-order valence-electron chi connectivity index (χ1n) is 6.07. The summed E-state index contributed by atoms with van der Waals surface area (Å²) in [5.41, 5.74) is 0.615. The quantitative estimate of drug-likeness (QED) is 0.621. The van der Waals surface area contributed by atoms with Gasteiger partial charge in [-0.2, -0.15) is 0 Å². The summed E-state index contributed by atoms with van der Waals surface area (Å²) >= 11 is 1.18. The molecule has 0 aliphatic carbocycles. The van der Waals surface area contributed by atoms with Crippen molar-refractivity contribution in [1.82, 2.24) is 9.88 Å². The average molecular weight is 293 g/mol. The Kier molecular flexibility index (Phi) is 3.33. The molecule has 0 spiro atoms. The van der Waals surface area contributed by atoms with Gasteiger partial charge in [0.1, 0.15) is 0 Å². The fourth-order valence-electron chi connectivity index (χ4n) is 2.02. The van der Waals surface area contributed by atoms with Crippen LogP contribution >= 0.6 is 11.3 Å². The molecule has 0 saturated carbocycles. The van der Waals surface area contributed by atoms with Crippen LogP contribution in [0.25, 0.3) is 10.2 Å². The molecule has 0 atom stereocenters. The maximum atomic E-state index is 12.3. The molecule has 1 aromatic carbocycles. The first-order valence-corrected chi connectivity index (χ1v) is 6.89. The zero-order chi connectivity index (χ0) is 14.1. The Balaban J connectivity index is 1.92. The van der Waals surface area contributed by atoms with E-state index in [4.69, 9.17) is 4.74 Å². The van der Waals surface area contributed by atoms with Crippen molar-refractivity contribution in [2.45, 2.75) is 0 Å². The van der Waals surface area contributed by atoms with Crippen molar-refractivity contribution in [2.24, 2.45) is 0 Å². The van der Waals surface area contributed by atoms with Crippen LogP contribution in [-0.4, -0.2) is 47.0 Å². The molecule has 7 nitrogen and oxygen atoms in total. The van der Waals surface area contributed by atoms with E-state index in [0.717, 1.165) is 0 Å². The van der Waals surface area contributed by atoms with Crippen molar-refractivity contribution in [3.63, 3.8) is 0 Å².